The molecule has 4 heteroatoms. The molecule has 0 radical (unpaired) electrons. The van der Waals surface area contributed by atoms with E-state index in [1.54, 1.807) is 0 Å². The second kappa shape index (κ2) is 8.89. The van der Waals surface area contributed by atoms with Gasteiger partial charge in [0.15, 0.2) is 0 Å². The van der Waals surface area contributed by atoms with E-state index in [1.165, 1.54) is 0 Å². The van der Waals surface area contributed by atoms with Crippen molar-refractivity contribution in [3.8, 4) is 0 Å². The molecule has 0 aromatic rings. The summed E-state index contributed by atoms with van der Waals surface area (Å²) in [4.78, 5) is 6.79. The molecule has 6 heavy (non-hydrogen) atoms. The van der Waals surface area contributed by atoms with Gasteiger partial charge in [-0.15, -0.1) is 13.2 Å². The van der Waals surface area contributed by atoms with E-state index in [9.17, 15) is 8.39 Å². The van der Waals surface area contributed by atoms with E-state index in [0.717, 1.165) is 0 Å². The lowest BCUT2D eigenvalue weighted by Gasteiger charge is -1.66. The first kappa shape index (κ1) is 9.37. The summed E-state index contributed by atoms with van der Waals surface area (Å²) in [5.74, 6) is 0. The van der Waals surface area contributed by atoms with Crippen molar-refractivity contribution in [2.24, 2.45) is 0 Å². The van der Waals surface area contributed by atoms with Crippen LogP contribution in [0.2, 0.25) is 0 Å². The average Bonchev–Trinajstić information content (AvgIpc) is 1.41. The molecule has 38 valence electrons. The van der Waals surface area contributed by atoms with Gasteiger partial charge in [0, 0.05) is 0 Å². The molecule has 1 nitrogen and oxygen atoms in total. The molecule has 1 N–H and O–H groups in total. The van der Waals surface area contributed by atoms with Gasteiger partial charge in [-0.2, -0.15) is 8.39 Å². The second-order valence-corrected chi connectivity index (χ2v) is 0.645. The van der Waals surface area contributed by atoms with Gasteiger partial charge in [-0.25, -0.2) is 0 Å². The molecule has 0 aliphatic carbocycles. The Bertz CT molecular complexity index is 22.8. The Labute approximate surface area is 36.4 Å². The lowest BCUT2D eigenvalue weighted by Crippen LogP contribution is -1.30. The van der Waals surface area contributed by atoms with Gasteiger partial charge in [0.2, 0.25) is 0 Å². The Morgan fingerprint density at radius 3 is 1.33 bits per heavy atom. The summed E-state index contributed by atoms with van der Waals surface area (Å²) in [5.41, 5.74) is 0. The summed E-state index contributed by atoms with van der Waals surface area (Å²) in [7, 11) is -3.62. The molecule has 0 heterocycles. The smallest absolute Gasteiger partial charge is 0.321 e. The Hall–Kier alpha value is -0.0100. The molecule has 0 rings (SSSR count). The van der Waals surface area contributed by atoms with Gasteiger partial charge < -0.3 is 4.89 Å². The first-order valence-electron chi connectivity index (χ1n) is 1.04. The summed E-state index contributed by atoms with van der Waals surface area (Å²) in [6.07, 6.45) is 0. The predicted octanol–water partition coefficient (Wildman–Crippen LogP) is 1.95. The highest BCUT2D eigenvalue weighted by molar-refractivity contribution is 7.39. The minimum absolute atomic E-state index is 3.00. The molecular weight excluding hydrogens is 109 g/mol. The highest BCUT2D eigenvalue weighted by atomic mass is 31.2. The number of rotatable bonds is 0. The molecule has 0 aromatic carbocycles. The van der Waals surface area contributed by atoms with Crippen molar-refractivity contribution in [2.75, 3.05) is 0 Å². The molecular formula is C2H5F2OP. The van der Waals surface area contributed by atoms with Crippen LogP contribution in [0.3, 0.4) is 0 Å². The van der Waals surface area contributed by atoms with E-state index in [0.29, 0.717) is 0 Å². The lowest BCUT2D eigenvalue weighted by atomic mass is 11.3. The molecule has 0 aromatic heterocycles. The summed E-state index contributed by atoms with van der Waals surface area (Å²) in [6, 6.07) is 0. The monoisotopic (exact) mass is 114 g/mol. The molecule has 0 spiro atoms. The first-order valence-corrected chi connectivity index (χ1v) is 2.11. The lowest BCUT2D eigenvalue weighted by molar-refractivity contribution is 0.504. The van der Waals surface area contributed by atoms with Crippen molar-refractivity contribution >= 4 is 8.77 Å². The third-order valence-electron chi connectivity index (χ3n) is 0. The Morgan fingerprint density at radius 1 is 1.33 bits per heavy atom. The van der Waals surface area contributed by atoms with Crippen LogP contribution in [0.15, 0.2) is 13.2 Å². The maximum Gasteiger partial charge on any atom is 0.412 e. The van der Waals surface area contributed by atoms with Crippen LogP contribution < -0.4 is 0 Å². The van der Waals surface area contributed by atoms with Gasteiger partial charge in [-0.1, -0.05) is 0 Å². The average molecular weight is 114 g/mol. The van der Waals surface area contributed by atoms with Crippen LogP contribution in [0, 0.1) is 0 Å². The number of hydrogen-bond donors (Lipinski definition) is 1. The van der Waals surface area contributed by atoms with E-state index in [4.69, 9.17) is 4.89 Å². The van der Waals surface area contributed by atoms with Gasteiger partial charge in [0.05, 0.1) is 0 Å². The Kier molecular flexibility index (Phi) is 13.9. The highest BCUT2D eigenvalue weighted by Gasteiger charge is 1.86. The molecule has 0 aliphatic heterocycles. The quantitative estimate of drug-likeness (QED) is 0.377. The normalized spacial score (nSPS) is 6.67. The standard InChI is InChI=1S/C2H4.F2HOP/c1-2;1-4(2)3/h1-2H2;3H. The molecule has 0 fully saturated rings. The van der Waals surface area contributed by atoms with Crippen LogP contribution >= 0.6 is 8.77 Å². The minimum Gasteiger partial charge on any atom is -0.321 e. The molecule has 0 atom stereocenters. The SMILES string of the molecule is C=C.OP(F)F. The minimum atomic E-state index is -3.62. The third kappa shape index (κ3) is 357000. The fraction of sp³-hybridized carbons (Fsp3) is 0. The van der Waals surface area contributed by atoms with E-state index >= 15 is 0 Å². The summed E-state index contributed by atoms with van der Waals surface area (Å²) >= 11 is 0. The van der Waals surface area contributed by atoms with Gasteiger partial charge in [-0.3, -0.25) is 0 Å². The molecule has 0 bridgehead atoms. The topological polar surface area (TPSA) is 20.2 Å². The fourth-order valence-corrected chi connectivity index (χ4v) is 0. The van der Waals surface area contributed by atoms with Crippen molar-refractivity contribution in [1.82, 2.24) is 0 Å². The van der Waals surface area contributed by atoms with Crippen molar-refractivity contribution in [2.45, 2.75) is 0 Å². The maximum atomic E-state index is 9.95. The number of halogens is 2. The van der Waals surface area contributed by atoms with Gasteiger partial charge >= 0.3 is 8.77 Å². The Balaban J connectivity index is 0. The van der Waals surface area contributed by atoms with Crippen LogP contribution in [0.1, 0.15) is 0 Å². The third-order valence-corrected chi connectivity index (χ3v) is 0. The molecule has 0 unspecified atom stereocenters. The zero-order chi connectivity index (χ0) is 5.58. The zero-order valence-electron chi connectivity index (χ0n) is 3.06. The predicted molar refractivity (Wildman–Crippen MR) is 22.6 cm³/mol. The molecule has 0 amide bonds. The molecule has 0 saturated carbocycles. The summed E-state index contributed by atoms with van der Waals surface area (Å²) in [6.45, 7) is 6.00. The Morgan fingerprint density at radius 2 is 1.33 bits per heavy atom. The van der Waals surface area contributed by atoms with Crippen molar-refractivity contribution in [1.29, 1.82) is 0 Å². The fourth-order valence-electron chi connectivity index (χ4n) is 0. The first-order chi connectivity index (χ1) is 2.73. The van der Waals surface area contributed by atoms with E-state index in [-0.39, 0.29) is 0 Å². The van der Waals surface area contributed by atoms with Gasteiger partial charge in [0.25, 0.3) is 0 Å². The summed E-state index contributed by atoms with van der Waals surface area (Å²) < 4.78 is 19.9. The molecule has 0 saturated heterocycles. The van der Waals surface area contributed by atoms with Crippen LogP contribution in [0.5, 0.6) is 0 Å². The van der Waals surface area contributed by atoms with E-state index in [1.807, 2.05) is 0 Å². The zero-order valence-corrected chi connectivity index (χ0v) is 3.96. The highest BCUT2D eigenvalue weighted by Crippen LogP contribution is 2.31. The summed E-state index contributed by atoms with van der Waals surface area (Å²) in [5, 5.41) is 0. The maximum absolute atomic E-state index is 9.95. The van der Waals surface area contributed by atoms with Gasteiger partial charge in [0.1, 0.15) is 0 Å². The van der Waals surface area contributed by atoms with Crippen LogP contribution in [-0.4, -0.2) is 4.89 Å². The molecule has 0 aliphatic rings. The van der Waals surface area contributed by atoms with Crippen molar-refractivity contribution in [3.63, 3.8) is 0 Å². The van der Waals surface area contributed by atoms with Crippen molar-refractivity contribution < 1.29 is 13.3 Å². The van der Waals surface area contributed by atoms with E-state index in [2.05, 4.69) is 13.2 Å². The largest absolute Gasteiger partial charge is 0.412 e. The van der Waals surface area contributed by atoms with Crippen molar-refractivity contribution in [3.05, 3.63) is 13.2 Å². The van der Waals surface area contributed by atoms with Crippen LogP contribution in [-0.2, 0) is 0 Å². The van der Waals surface area contributed by atoms with Crippen LogP contribution in [0.4, 0.5) is 8.39 Å². The van der Waals surface area contributed by atoms with Gasteiger partial charge in [-0.05, 0) is 0 Å². The van der Waals surface area contributed by atoms with Crippen LogP contribution in [0.25, 0.3) is 0 Å². The second-order valence-electron chi connectivity index (χ2n) is 0.215. The number of hydrogen-bond acceptors (Lipinski definition) is 1. The van der Waals surface area contributed by atoms with E-state index < -0.39 is 8.77 Å².